The Labute approximate surface area is 168 Å². The second-order valence-electron chi connectivity index (χ2n) is 7.99. The number of aromatic nitrogens is 2. The van der Waals surface area contributed by atoms with E-state index in [0.717, 1.165) is 25.7 Å². The third kappa shape index (κ3) is 4.17. The van der Waals surface area contributed by atoms with Crippen LogP contribution < -0.4 is 10.9 Å². The summed E-state index contributed by atoms with van der Waals surface area (Å²) in [4.78, 5) is 46.3. The fourth-order valence-corrected chi connectivity index (χ4v) is 4.27. The van der Waals surface area contributed by atoms with Gasteiger partial charge in [0.2, 0.25) is 5.91 Å². The van der Waals surface area contributed by atoms with Crippen LogP contribution >= 0.6 is 0 Å². The van der Waals surface area contributed by atoms with Gasteiger partial charge in [0, 0.05) is 19.1 Å². The number of aliphatic hydroxyl groups excluding tert-OH is 1. The molecule has 1 saturated heterocycles. The first-order chi connectivity index (χ1) is 14.0. The summed E-state index contributed by atoms with van der Waals surface area (Å²) in [5.74, 6) is -1.37. The van der Waals surface area contributed by atoms with Crippen molar-refractivity contribution in [2.24, 2.45) is 5.92 Å². The Bertz CT molecular complexity index is 967. The van der Waals surface area contributed by atoms with E-state index in [4.69, 9.17) is 0 Å². The second-order valence-corrected chi connectivity index (χ2v) is 7.99. The lowest BCUT2D eigenvalue weighted by atomic mass is 9.91. The number of aliphatic hydroxyl groups is 1. The molecule has 0 unspecified atom stereocenters. The minimum atomic E-state index is -0.786. The van der Waals surface area contributed by atoms with E-state index in [-0.39, 0.29) is 29.9 Å². The minimum absolute atomic E-state index is 0.0449. The molecule has 8 nitrogen and oxygen atoms in total. The van der Waals surface area contributed by atoms with Crippen LogP contribution in [0.3, 0.4) is 0 Å². The third-order valence-corrected chi connectivity index (χ3v) is 5.97. The van der Waals surface area contributed by atoms with Gasteiger partial charge in [-0.05, 0) is 31.4 Å². The van der Waals surface area contributed by atoms with Gasteiger partial charge < -0.3 is 20.3 Å². The van der Waals surface area contributed by atoms with Crippen molar-refractivity contribution in [2.45, 2.75) is 50.7 Å². The molecule has 2 aliphatic rings. The Morgan fingerprint density at radius 3 is 2.69 bits per heavy atom. The number of H-pyrrole nitrogens is 1. The van der Waals surface area contributed by atoms with Crippen LogP contribution in [0.5, 0.6) is 0 Å². The van der Waals surface area contributed by atoms with Crippen molar-refractivity contribution in [3.05, 3.63) is 40.4 Å². The van der Waals surface area contributed by atoms with E-state index in [9.17, 15) is 19.5 Å². The van der Waals surface area contributed by atoms with Gasteiger partial charge in [0.1, 0.15) is 0 Å². The van der Waals surface area contributed by atoms with Crippen LogP contribution in [0.4, 0.5) is 0 Å². The summed E-state index contributed by atoms with van der Waals surface area (Å²) in [5.41, 5.74) is 0.0748. The number of nitrogens with zero attached hydrogens (tertiary/aromatic N) is 2. The highest BCUT2D eigenvalue weighted by molar-refractivity contribution is 5.93. The number of hydrogen-bond donors (Lipinski definition) is 3. The number of carbonyl (C=O) groups is 2. The molecule has 1 aliphatic carbocycles. The number of rotatable bonds is 3. The van der Waals surface area contributed by atoms with E-state index in [2.05, 4.69) is 15.3 Å². The van der Waals surface area contributed by atoms with Gasteiger partial charge in [0.05, 0.1) is 22.9 Å². The van der Waals surface area contributed by atoms with Crippen molar-refractivity contribution < 1.29 is 14.7 Å². The summed E-state index contributed by atoms with van der Waals surface area (Å²) >= 11 is 0. The normalized spacial score (nSPS) is 23.1. The molecule has 154 valence electrons. The summed E-state index contributed by atoms with van der Waals surface area (Å²) in [7, 11) is 0. The number of piperidine rings is 1. The lowest BCUT2D eigenvalue weighted by Gasteiger charge is -2.36. The Balaban J connectivity index is 1.49. The van der Waals surface area contributed by atoms with Crippen LogP contribution in [0.25, 0.3) is 10.9 Å². The fraction of sp³-hybridized carbons (Fsp3) is 0.524. The van der Waals surface area contributed by atoms with E-state index in [1.807, 2.05) is 0 Å². The van der Waals surface area contributed by atoms with Crippen molar-refractivity contribution in [1.82, 2.24) is 20.2 Å². The SMILES string of the molecule is O=C(NC1CCCCC1)[C@H]1CN(C(=O)c2nc3ccccc3c(=O)[nH]2)CC[C@H]1O. The average molecular weight is 398 g/mol. The molecule has 0 spiro atoms. The van der Waals surface area contributed by atoms with Crippen LogP contribution in [0, 0.1) is 5.92 Å². The highest BCUT2D eigenvalue weighted by atomic mass is 16.3. The zero-order valence-corrected chi connectivity index (χ0v) is 16.3. The maximum atomic E-state index is 12.9. The van der Waals surface area contributed by atoms with Gasteiger partial charge in [0.15, 0.2) is 5.82 Å². The standard InChI is InChI=1S/C21H26N4O4/c26-17-10-11-25(12-15(17)20(28)22-13-6-2-1-3-7-13)21(29)18-23-16-9-5-4-8-14(16)19(27)24-18/h4-5,8-9,13,15,17,26H,1-3,6-7,10-12H2,(H,22,28)(H,23,24,27)/t15-,17+/m0/s1. The first-order valence-electron chi connectivity index (χ1n) is 10.3. The molecular weight excluding hydrogens is 372 g/mol. The van der Waals surface area contributed by atoms with Crippen molar-refractivity contribution in [3.63, 3.8) is 0 Å². The van der Waals surface area contributed by atoms with Crippen LogP contribution in [0.2, 0.25) is 0 Å². The fourth-order valence-electron chi connectivity index (χ4n) is 4.27. The topological polar surface area (TPSA) is 115 Å². The minimum Gasteiger partial charge on any atom is -0.392 e. The number of likely N-dealkylation sites (tertiary alicyclic amines) is 1. The predicted molar refractivity (Wildman–Crippen MR) is 107 cm³/mol. The smallest absolute Gasteiger partial charge is 0.289 e. The van der Waals surface area contributed by atoms with Gasteiger partial charge in [0.25, 0.3) is 11.5 Å². The molecule has 2 amide bonds. The molecule has 4 rings (SSSR count). The van der Waals surface area contributed by atoms with E-state index in [1.165, 1.54) is 11.3 Å². The van der Waals surface area contributed by atoms with Gasteiger partial charge >= 0.3 is 0 Å². The van der Waals surface area contributed by atoms with E-state index in [0.29, 0.717) is 23.9 Å². The third-order valence-electron chi connectivity index (χ3n) is 5.97. The lowest BCUT2D eigenvalue weighted by Crippen LogP contribution is -2.53. The Morgan fingerprint density at radius 1 is 1.14 bits per heavy atom. The monoisotopic (exact) mass is 398 g/mol. The summed E-state index contributed by atoms with van der Waals surface area (Å²) in [6, 6.07) is 6.97. The molecule has 3 N–H and O–H groups in total. The number of carbonyl (C=O) groups excluding carboxylic acids is 2. The first-order valence-corrected chi connectivity index (χ1v) is 10.3. The number of nitrogens with one attached hydrogen (secondary N) is 2. The Kier molecular flexibility index (Phi) is 5.62. The molecule has 2 heterocycles. The number of aromatic amines is 1. The van der Waals surface area contributed by atoms with E-state index in [1.54, 1.807) is 24.3 Å². The first kappa shape index (κ1) is 19.6. The molecule has 2 aromatic rings. The molecule has 2 fully saturated rings. The molecule has 1 saturated carbocycles. The Morgan fingerprint density at radius 2 is 1.90 bits per heavy atom. The summed E-state index contributed by atoms with van der Waals surface area (Å²) in [6.07, 6.45) is 4.84. The summed E-state index contributed by atoms with van der Waals surface area (Å²) in [5, 5.41) is 13.8. The average Bonchev–Trinajstić information content (AvgIpc) is 2.74. The number of para-hydroxylation sites is 1. The van der Waals surface area contributed by atoms with Crippen LogP contribution in [-0.4, -0.2) is 57.0 Å². The number of benzene rings is 1. The van der Waals surface area contributed by atoms with Gasteiger partial charge in [-0.25, -0.2) is 4.98 Å². The second kappa shape index (κ2) is 8.32. The van der Waals surface area contributed by atoms with Gasteiger partial charge in [-0.1, -0.05) is 31.4 Å². The van der Waals surface area contributed by atoms with E-state index < -0.39 is 17.9 Å². The lowest BCUT2D eigenvalue weighted by molar-refractivity contribution is -0.131. The molecule has 1 aromatic heterocycles. The molecule has 0 radical (unpaired) electrons. The quantitative estimate of drug-likeness (QED) is 0.718. The Hall–Kier alpha value is -2.74. The molecule has 2 atom stereocenters. The summed E-state index contributed by atoms with van der Waals surface area (Å²) < 4.78 is 0. The molecular formula is C21H26N4O4. The van der Waals surface area contributed by atoms with Gasteiger partial charge in [-0.15, -0.1) is 0 Å². The predicted octanol–water partition coefficient (Wildman–Crippen LogP) is 1.19. The highest BCUT2D eigenvalue weighted by Crippen LogP contribution is 2.22. The van der Waals surface area contributed by atoms with Crippen LogP contribution in [-0.2, 0) is 4.79 Å². The van der Waals surface area contributed by atoms with Crippen LogP contribution in [0.15, 0.2) is 29.1 Å². The maximum absolute atomic E-state index is 12.9. The molecule has 8 heteroatoms. The van der Waals surface area contributed by atoms with Crippen molar-refractivity contribution >= 4 is 22.7 Å². The summed E-state index contributed by atoms with van der Waals surface area (Å²) in [6.45, 7) is 0.416. The van der Waals surface area contributed by atoms with E-state index >= 15 is 0 Å². The largest absolute Gasteiger partial charge is 0.392 e. The van der Waals surface area contributed by atoms with Crippen molar-refractivity contribution in [2.75, 3.05) is 13.1 Å². The number of fused-ring (bicyclic) bond motifs is 1. The zero-order valence-electron chi connectivity index (χ0n) is 16.3. The molecule has 29 heavy (non-hydrogen) atoms. The van der Waals surface area contributed by atoms with Gasteiger partial charge in [-0.3, -0.25) is 14.4 Å². The van der Waals surface area contributed by atoms with Gasteiger partial charge in [-0.2, -0.15) is 0 Å². The van der Waals surface area contributed by atoms with Crippen molar-refractivity contribution in [3.8, 4) is 0 Å². The zero-order chi connectivity index (χ0) is 20.4. The number of amides is 2. The van der Waals surface area contributed by atoms with Crippen LogP contribution in [0.1, 0.15) is 49.1 Å². The maximum Gasteiger partial charge on any atom is 0.289 e. The van der Waals surface area contributed by atoms with Crippen molar-refractivity contribution in [1.29, 1.82) is 0 Å². The highest BCUT2D eigenvalue weighted by Gasteiger charge is 2.36. The molecule has 1 aromatic carbocycles. The molecule has 0 bridgehead atoms. The molecule has 1 aliphatic heterocycles. The number of hydrogen-bond acceptors (Lipinski definition) is 5.